The number of rotatable bonds is 5. The molecule has 2 atom stereocenters. The monoisotopic (exact) mass is 456 g/mol. The number of amides is 1. The summed E-state index contributed by atoms with van der Waals surface area (Å²) in [6.45, 7) is 4.26. The number of carbonyl (C=O) groups excluding carboxylic acids is 1. The second-order valence-corrected chi connectivity index (χ2v) is 11.4. The second kappa shape index (κ2) is 8.20. The molecule has 1 aliphatic carbocycles. The van der Waals surface area contributed by atoms with E-state index in [0.29, 0.717) is 12.3 Å². The minimum atomic E-state index is -0.0510. The first-order valence-corrected chi connectivity index (χ1v) is 13.6. The number of nitrogens with zero attached hydrogens (tertiary/aromatic N) is 2. The lowest BCUT2D eigenvalue weighted by Gasteiger charge is -2.40. The molecule has 4 heterocycles. The first kappa shape index (κ1) is 21.1. The number of likely N-dealkylation sites (tertiary alicyclic amines) is 1. The molecule has 0 spiro atoms. The van der Waals surface area contributed by atoms with Crippen LogP contribution >= 0.6 is 0 Å². The molecule has 0 radical (unpaired) electrons. The van der Waals surface area contributed by atoms with Gasteiger partial charge in [0.05, 0.1) is 12.3 Å². The van der Waals surface area contributed by atoms with Crippen molar-refractivity contribution in [3.8, 4) is 0 Å². The van der Waals surface area contributed by atoms with Gasteiger partial charge in [-0.05, 0) is 105 Å². The fourth-order valence-electron chi connectivity index (χ4n) is 7.30. The van der Waals surface area contributed by atoms with Crippen LogP contribution in [0, 0.1) is 5.92 Å². The van der Waals surface area contributed by atoms with E-state index in [1.54, 1.807) is 11.1 Å². The molecule has 7 rings (SSSR count). The third kappa shape index (κ3) is 3.61. The van der Waals surface area contributed by atoms with E-state index < -0.39 is 0 Å². The van der Waals surface area contributed by atoms with E-state index in [2.05, 4.69) is 41.3 Å². The molecular formula is C30H36N2O2. The smallest absolute Gasteiger partial charge is 0.227 e. The van der Waals surface area contributed by atoms with Crippen molar-refractivity contribution >= 4 is 11.6 Å². The van der Waals surface area contributed by atoms with E-state index in [4.69, 9.17) is 4.74 Å². The number of hydrogen-bond acceptors (Lipinski definition) is 3. The largest absolute Gasteiger partial charge is 0.365 e. The first-order valence-electron chi connectivity index (χ1n) is 13.6. The Morgan fingerprint density at radius 3 is 2.44 bits per heavy atom. The third-order valence-corrected chi connectivity index (χ3v) is 9.51. The summed E-state index contributed by atoms with van der Waals surface area (Å²) in [7, 11) is 0. The van der Waals surface area contributed by atoms with Crippen molar-refractivity contribution in [3.05, 3.63) is 64.2 Å². The van der Waals surface area contributed by atoms with Gasteiger partial charge in [0.1, 0.15) is 5.60 Å². The van der Waals surface area contributed by atoms with Crippen LogP contribution in [0.3, 0.4) is 0 Å². The van der Waals surface area contributed by atoms with Crippen molar-refractivity contribution in [2.24, 2.45) is 5.92 Å². The molecule has 0 bridgehead atoms. The molecule has 4 heteroatoms. The first-order chi connectivity index (χ1) is 16.7. The van der Waals surface area contributed by atoms with Gasteiger partial charge in [0, 0.05) is 19.0 Å². The highest BCUT2D eigenvalue weighted by molar-refractivity contribution is 5.98. The van der Waals surface area contributed by atoms with Crippen LogP contribution in [0.25, 0.3) is 0 Å². The van der Waals surface area contributed by atoms with Crippen molar-refractivity contribution in [2.75, 3.05) is 31.1 Å². The Morgan fingerprint density at radius 2 is 1.65 bits per heavy atom. The van der Waals surface area contributed by atoms with E-state index >= 15 is 0 Å². The van der Waals surface area contributed by atoms with Gasteiger partial charge in [-0.25, -0.2) is 0 Å². The number of anilines is 1. The van der Waals surface area contributed by atoms with Gasteiger partial charge in [-0.1, -0.05) is 36.4 Å². The van der Waals surface area contributed by atoms with Crippen molar-refractivity contribution < 1.29 is 9.53 Å². The van der Waals surface area contributed by atoms with Gasteiger partial charge >= 0.3 is 0 Å². The maximum absolute atomic E-state index is 12.3. The number of aryl methyl sites for hydroxylation is 2. The van der Waals surface area contributed by atoms with Crippen LogP contribution in [0.15, 0.2) is 36.4 Å². The number of benzene rings is 2. The number of fused-ring (bicyclic) bond motifs is 1. The SMILES string of the molecule is O=C1CCc2cc(C3(CCC4CCN(C5CCc6ccccc6C5)CC4)CO3)cc3c2N1CC3. The predicted octanol–water partition coefficient (Wildman–Crippen LogP) is 4.80. The van der Waals surface area contributed by atoms with Crippen LogP contribution in [-0.4, -0.2) is 43.1 Å². The molecule has 2 fully saturated rings. The molecule has 2 unspecified atom stereocenters. The Kier molecular flexibility index (Phi) is 5.10. The molecule has 0 N–H and O–H groups in total. The van der Waals surface area contributed by atoms with Crippen LogP contribution in [-0.2, 0) is 40.8 Å². The lowest BCUT2D eigenvalue weighted by Crippen LogP contribution is -2.44. The Balaban J connectivity index is 0.969. The summed E-state index contributed by atoms with van der Waals surface area (Å²) in [5.74, 6) is 1.13. The second-order valence-electron chi connectivity index (χ2n) is 11.4. The third-order valence-electron chi connectivity index (χ3n) is 9.51. The van der Waals surface area contributed by atoms with E-state index in [9.17, 15) is 4.79 Å². The van der Waals surface area contributed by atoms with E-state index in [1.165, 1.54) is 74.0 Å². The molecule has 2 aromatic carbocycles. The lowest BCUT2D eigenvalue weighted by atomic mass is 9.83. The molecule has 1 amide bonds. The summed E-state index contributed by atoms with van der Waals surface area (Å²) < 4.78 is 6.16. The maximum atomic E-state index is 12.3. The summed E-state index contributed by atoms with van der Waals surface area (Å²) in [5, 5.41) is 0. The van der Waals surface area contributed by atoms with Gasteiger partial charge in [0.15, 0.2) is 0 Å². The zero-order valence-corrected chi connectivity index (χ0v) is 20.2. The van der Waals surface area contributed by atoms with Gasteiger partial charge in [-0.2, -0.15) is 0 Å². The van der Waals surface area contributed by atoms with Crippen molar-refractivity contribution in [1.82, 2.24) is 4.90 Å². The van der Waals surface area contributed by atoms with Crippen LogP contribution in [0.2, 0.25) is 0 Å². The minimum Gasteiger partial charge on any atom is -0.365 e. The Morgan fingerprint density at radius 1 is 0.882 bits per heavy atom. The summed E-state index contributed by atoms with van der Waals surface area (Å²) in [4.78, 5) is 17.1. The Hall–Kier alpha value is -2.17. The maximum Gasteiger partial charge on any atom is 0.227 e. The molecule has 5 aliphatic rings. The predicted molar refractivity (Wildman–Crippen MR) is 134 cm³/mol. The summed E-state index contributed by atoms with van der Waals surface area (Å²) >= 11 is 0. The van der Waals surface area contributed by atoms with Gasteiger partial charge in [-0.15, -0.1) is 0 Å². The molecular weight excluding hydrogens is 420 g/mol. The lowest BCUT2D eigenvalue weighted by molar-refractivity contribution is -0.118. The normalized spacial score (nSPS) is 28.6. The molecule has 0 saturated carbocycles. The molecule has 2 aromatic rings. The average molecular weight is 457 g/mol. The molecule has 34 heavy (non-hydrogen) atoms. The highest BCUT2D eigenvalue weighted by atomic mass is 16.6. The van der Waals surface area contributed by atoms with Crippen LogP contribution < -0.4 is 4.90 Å². The fraction of sp³-hybridized carbons (Fsp3) is 0.567. The van der Waals surface area contributed by atoms with Crippen molar-refractivity contribution in [2.45, 2.75) is 75.9 Å². The highest BCUT2D eigenvalue weighted by Crippen LogP contribution is 2.48. The van der Waals surface area contributed by atoms with E-state index in [0.717, 1.165) is 44.4 Å². The van der Waals surface area contributed by atoms with Gasteiger partial charge in [0.25, 0.3) is 0 Å². The molecule has 4 nitrogen and oxygen atoms in total. The highest BCUT2D eigenvalue weighted by Gasteiger charge is 2.47. The summed E-state index contributed by atoms with van der Waals surface area (Å²) in [6, 6.07) is 14.5. The average Bonchev–Trinajstić information content (AvgIpc) is 3.56. The van der Waals surface area contributed by atoms with Crippen LogP contribution in [0.1, 0.15) is 66.3 Å². The Bertz CT molecular complexity index is 1110. The molecule has 4 aliphatic heterocycles. The zero-order chi connectivity index (χ0) is 22.7. The van der Waals surface area contributed by atoms with Gasteiger partial charge in [0.2, 0.25) is 5.91 Å². The van der Waals surface area contributed by atoms with Crippen molar-refractivity contribution in [3.63, 3.8) is 0 Å². The number of carbonyl (C=O) groups is 1. The van der Waals surface area contributed by atoms with Gasteiger partial charge in [-0.3, -0.25) is 4.79 Å². The quantitative estimate of drug-likeness (QED) is 0.607. The van der Waals surface area contributed by atoms with Crippen molar-refractivity contribution in [1.29, 1.82) is 0 Å². The fourth-order valence-corrected chi connectivity index (χ4v) is 7.30. The summed E-state index contributed by atoms with van der Waals surface area (Å²) in [6.07, 6.45) is 11.5. The number of epoxide rings is 1. The molecule has 0 aromatic heterocycles. The summed E-state index contributed by atoms with van der Waals surface area (Å²) in [5.41, 5.74) is 8.46. The van der Waals surface area contributed by atoms with Crippen LogP contribution in [0.5, 0.6) is 0 Å². The topological polar surface area (TPSA) is 36.1 Å². The Labute approximate surface area is 203 Å². The number of piperidine rings is 1. The zero-order valence-electron chi connectivity index (χ0n) is 20.2. The van der Waals surface area contributed by atoms with Crippen LogP contribution in [0.4, 0.5) is 5.69 Å². The standard InChI is InChI=1S/C30H36N2O2/c33-28-8-6-24-17-26(18-25-12-16-32(28)29(24)25)30(20-34-30)13-9-21-10-14-31(15-11-21)27-7-5-22-3-1-2-4-23(22)19-27/h1-4,17-18,21,27H,5-16,19-20H2. The van der Waals surface area contributed by atoms with E-state index in [-0.39, 0.29) is 5.60 Å². The van der Waals surface area contributed by atoms with Gasteiger partial charge < -0.3 is 14.5 Å². The molecule has 2 saturated heterocycles. The number of ether oxygens (including phenoxy) is 1. The minimum absolute atomic E-state index is 0.0510. The molecule has 178 valence electrons. The number of hydrogen-bond donors (Lipinski definition) is 0. The van der Waals surface area contributed by atoms with E-state index in [1.807, 2.05) is 4.90 Å².